The fourth-order valence-electron chi connectivity index (χ4n) is 3.95. The Morgan fingerprint density at radius 1 is 1.03 bits per heavy atom. The van der Waals surface area contributed by atoms with Gasteiger partial charge < -0.3 is 20.3 Å². The third kappa shape index (κ3) is 7.42. The van der Waals surface area contributed by atoms with Crippen LogP contribution in [-0.2, 0) is 6.42 Å². The summed E-state index contributed by atoms with van der Waals surface area (Å²) in [6.07, 6.45) is 0.0536. The lowest BCUT2D eigenvalue weighted by atomic mass is 9.93. The molecule has 6 nitrogen and oxygen atoms in total. The topological polar surface area (TPSA) is 103 Å². The summed E-state index contributed by atoms with van der Waals surface area (Å²) in [7, 11) is 0. The zero-order valence-electron chi connectivity index (χ0n) is 21.3. The molecule has 0 saturated carbocycles. The number of nitrogens with one attached hydrogen (secondary N) is 1. The number of nitrogens with zero attached hydrogens (tertiary/aromatic N) is 1. The lowest BCUT2D eigenvalue weighted by Crippen LogP contribution is -2.46. The average Bonchev–Trinajstić information content (AvgIpc) is 2.86. The molecule has 0 aliphatic heterocycles. The smallest absolute Gasteiger partial charge is 0.335 e. The van der Waals surface area contributed by atoms with Crippen molar-refractivity contribution >= 4 is 5.97 Å². The molecular weight excluding hydrogens is 452 g/mol. The molecule has 188 valence electrons. The zero-order chi connectivity index (χ0) is 26.3. The van der Waals surface area contributed by atoms with E-state index in [-0.39, 0.29) is 17.7 Å². The van der Waals surface area contributed by atoms with Crippen LogP contribution in [0.25, 0.3) is 11.1 Å². The standard InChI is InChI=1S/C30H34N2O4/c1-20(2)22-7-5-21(6-8-22)16-30(3,4)32-18-27(33)19-36-28-15-25(13-14-26(28)17-31)23-9-11-24(12-10-23)29(34)35/h5-15,20,27,32-33H,16,18-19H2,1-4H3,(H,34,35)/t27-/m1/s1. The van der Waals surface area contributed by atoms with Crippen molar-refractivity contribution in [3.05, 3.63) is 89.0 Å². The third-order valence-corrected chi connectivity index (χ3v) is 6.11. The summed E-state index contributed by atoms with van der Waals surface area (Å²) in [5.41, 5.74) is 4.49. The van der Waals surface area contributed by atoms with Gasteiger partial charge in [0.15, 0.2) is 0 Å². The summed E-state index contributed by atoms with van der Waals surface area (Å²) in [6.45, 7) is 8.93. The van der Waals surface area contributed by atoms with Gasteiger partial charge in [0.2, 0.25) is 0 Å². The zero-order valence-corrected chi connectivity index (χ0v) is 21.3. The Kier molecular flexibility index (Phi) is 8.87. The second-order valence-electron chi connectivity index (χ2n) is 10.0. The van der Waals surface area contributed by atoms with Gasteiger partial charge in [-0.15, -0.1) is 0 Å². The number of hydrogen-bond acceptors (Lipinski definition) is 5. The lowest BCUT2D eigenvalue weighted by molar-refractivity contribution is 0.0697. The summed E-state index contributed by atoms with van der Waals surface area (Å²) < 4.78 is 5.83. The molecule has 0 aromatic heterocycles. The molecule has 0 unspecified atom stereocenters. The lowest BCUT2D eigenvalue weighted by Gasteiger charge is -2.28. The first-order valence-corrected chi connectivity index (χ1v) is 12.1. The molecule has 0 radical (unpaired) electrons. The van der Waals surface area contributed by atoms with E-state index < -0.39 is 12.1 Å². The molecule has 36 heavy (non-hydrogen) atoms. The van der Waals surface area contributed by atoms with Crippen LogP contribution in [0.15, 0.2) is 66.7 Å². The Bertz CT molecular complexity index is 1210. The Hall–Kier alpha value is -3.66. The highest BCUT2D eigenvalue weighted by molar-refractivity contribution is 5.88. The van der Waals surface area contributed by atoms with E-state index in [1.54, 1.807) is 30.3 Å². The first kappa shape index (κ1) is 26.9. The minimum Gasteiger partial charge on any atom is -0.489 e. The van der Waals surface area contributed by atoms with E-state index in [1.165, 1.54) is 23.3 Å². The minimum absolute atomic E-state index is 0.0300. The van der Waals surface area contributed by atoms with Gasteiger partial charge in [0.1, 0.15) is 24.5 Å². The van der Waals surface area contributed by atoms with E-state index in [2.05, 4.69) is 63.3 Å². The molecular formula is C30H34N2O4. The number of ether oxygens (including phenoxy) is 1. The van der Waals surface area contributed by atoms with Crippen LogP contribution in [0, 0.1) is 11.3 Å². The highest BCUT2D eigenvalue weighted by atomic mass is 16.5. The number of hydrogen-bond donors (Lipinski definition) is 3. The van der Waals surface area contributed by atoms with Gasteiger partial charge in [0, 0.05) is 12.1 Å². The Labute approximate surface area is 213 Å². The van der Waals surface area contributed by atoms with Crippen molar-refractivity contribution in [2.24, 2.45) is 0 Å². The van der Waals surface area contributed by atoms with Gasteiger partial charge in [-0.05, 0) is 72.7 Å². The number of carboxylic acids is 1. The van der Waals surface area contributed by atoms with Crippen LogP contribution in [0.5, 0.6) is 5.75 Å². The van der Waals surface area contributed by atoms with Gasteiger partial charge in [-0.2, -0.15) is 5.26 Å². The van der Waals surface area contributed by atoms with E-state index in [4.69, 9.17) is 9.84 Å². The SMILES string of the molecule is CC(C)c1ccc(CC(C)(C)NC[C@@H](O)COc2cc(-c3ccc(C(=O)O)cc3)ccc2C#N)cc1. The number of β-amino-alcohol motifs (C(OH)–C–C–N with tert-alkyl or cyclic N) is 1. The number of rotatable bonds is 11. The molecule has 0 aliphatic rings. The van der Waals surface area contributed by atoms with Crippen molar-refractivity contribution in [1.29, 1.82) is 5.26 Å². The molecule has 0 fully saturated rings. The van der Waals surface area contributed by atoms with E-state index in [9.17, 15) is 15.2 Å². The predicted molar refractivity (Wildman–Crippen MR) is 141 cm³/mol. The van der Waals surface area contributed by atoms with Crippen molar-refractivity contribution in [3.63, 3.8) is 0 Å². The number of benzene rings is 3. The summed E-state index contributed by atoms with van der Waals surface area (Å²) in [5.74, 6) is -0.110. The normalized spacial score (nSPS) is 12.2. The number of nitriles is 1. The maximum Gasteiger partial charge on any atom is 0.335 e. The van der Waals surface area contributed by atoms with Crippen molar-refractivity contribution in [1.82, 2.24) is 5.32 Å². The number of aromatic carboxylic acids is 1. The Morgan fingerprint density at radius 2 is 1.67 bits per heavy atom. The van der Waals surface area contributed by atoms with Crippen molar-refractivity contribution < 1.29 is 19.7 Å². The fraction of sp³-hybridized carbons (Fsp3) is 0.333. The molecule has 0 spiro atoms. The molecule has 3 N–H and O–H groups in total. The second kappa shape index (κ2) is 11.9. The molecule has 1 atom stereocenters. The van der Waals surface area contributed by atoms with Crippen LogP contribution in [0.2, 0.25) is 0 Å². The highest BCUT2D eigenvalue weighted by Crippen LogP contribution is 2.28. The molecule has 0 amide bonds. The number of carbonyl (C=O) groups is 1. The van der Waals surface area contributed by atoms with Gasteiger partial charge in [-0.25, -0.2) is 4.79 Å². The van der Waals surface area contributed by atoms with Crippen LogP contribution in [-0.4, -0.2) is 41.0 Å². The van der Waals surface area contributed by atoms with Crippen LogP contribution in [0.1, 0.15) is 60.7 Å². The van der Waals surface area contributed by atoms with Crippen LogP contribution in [0.3, 0.4) is 0 Å². The summed E-state index contributed by atoms with van der Waals surface area (Å²) in [6, 6.07) is 22.4. The van der Waals surface area contributed by atoms with E-state index >= 15 is 0 Å². The van der Waals surface area contributed by atoms with E-state index in [1.807, 2.05) is 0 Å². The number of aliphatic hydroxyl groups is 1. The molecule has 3 aromatic rings. The van der Waals surface area contributed by atoms with E-state index in [0.29, 0.717) is 23.8 Å². The van der Waals surface area contributed by atoms with Crippen molar-refractivity contribution in [3.8, 4) is 22.9 Å². The third-order valence-electron chi connectivity index (χ3n) is 6.11. The molecule has 0 aliphatic carbocycles. The number of carboxylic acid groups (broad SMARTS) is 1. The van der Waals surface area contributed by atoms with Crippen LogP contribution in [0.4, 0.5) is 0 Å². The highest BCUT2D eigenvalue weighted by Gasteiger charge is 2.20. The molecule has 0 bridgehead atoms. The van der Waals surface area contributed by atoms with Crippen molar-refractivity contribution in [2.45, 2.75) is 51.7 Å². The average molecular weight is 487 g/mol. The molecule has 0 saturated heterocycles. The maximum absolute atomic E-state index is 11.1. The Morgan fingerprint density at radius 3 is 2.25 bits per heavy atom. The maximum atomic E-state index is 11.1. The molecule has 6 heteroatoms. The molecule has 3 aromatic carbocycles. The van der Waals surface area contributed by atoms with Crippen molar-refractivity contribution in [2.75, 3.05) is 13.2 Å². The van der Waals surface area contributed by atoms with Gasteiger partial charge in [0.25, 0.3) is 0 Å². The van der Waals surface area contributed by atoms with Gasteiger partial charge in [-0.1, -0.05) is 56.3 Å². The summed E-state index contributed by atoms with van der Waals surface area (Å²) >= 11 is 0. The molecule has 3 rings (SSSR count). The predicted octanol–water partition coefficient (Wildman–Crippen LogP) is 5.40. The summed E-state index contributed by atoms with van der Waals surface area (Å²) in [5, 5.41) is 32.5. The number of aliphatic hydroxyl groups excluding tert-OH is 1. The largest absolute Gasteiger partial charge is 0.489 e. The van der Waals surface area contributed by atoms with Crippen LogP contribution >= 0.6 is 0 Å². The van der Waals surface area contributed by atoms with Gasteiger partial charge in [0.05, 0.1) is 11.1 Å². The Balaban J connectivity index is 1.58. The first-order valence-electron chi connectivity index (χ1n) is 12.1. The minimum atomic E-state index is -0.986. The molecule has 0 heterocycles. The fourth-order valence-corrected chi connectivity index (χ4v) is 3.95. The summed E-state index contributed by atoms with van der Waals surface area (Å²) in [4.78, 5) is 11.1. The quantitative estimate of drug-likeness (QED) is 0.335. The monoisotopic (exact) mass is 486 g/mol. The van der Waals surface area contributed by atoms with Gasteiger partial charge >= 0.3 is 5.97 Å². The van der Waals surface area contributed by atoms with E-state index in [0.717, 1.165) is 17.5 Å². The first-order chi connectivity index (χ1) is 17.1. The second-order valence-corrected chi connectivity index (χ2v) is 10.0. The van der Waals surface area contributed by atoms with Gasteiger partial charge in [-0.3, -0.25) is 0 Å². The van der Waals surface area contributed by atoms with Crippen LogP contribution < -0.4 is 10.1 Å².